The van der Waals surface area contributed by atoms with Gasteiger partial charge in [-0.3, -0.25) is 14.5 Å². The van der Waals surface area contributed by atoms with Crippen molar-refractivity contribution in [3.05, 3.63) is 57.0 Å². The normalized spacial score (nSPS) is 11.6. The summed E-state index contributed by atoms with van der Waals surface area (Å²) in [6.07, 6.45) is 2.38. The topological polar surface area (TPSA) is 105 Å². The summed E-state index contributed by atoms with van der Waals surface area (Å²) in [6.45, 7) is 5.95. The first kappa shape index (κ1) is 19.4. The van der Waals surface area contributed by atoms with Crippen molar-refractivity contribution >= 4 is 33.5 Å². The van der Waals surface area contributed by atoms with Crippen LogP contribution in [0.25, 0.3) is 44.6 Å². The molecule has 8 nitrogen and oxygen atoms in total. The molecule has 0 aliphatic rings. The molecule has 9 heteroatoms. The summed E-state index contributed by atoms with van der Waals surface area (Å²) in [5, 5.41) is 5.73. The number of aromatic amines is 2. The number of pyridine rings is 3. The highest BCUT2D eigenvalue weighted by Gasteiger charge is 2.19. The van der Waals surface area contributed by atoms with Crippen LogP contribution in [0.15, 0.2) is 29.2 Å². The Morgan fingerprint density at radius 2 is 1.94 bits per heavy atom. The first-order valence-electron chi connectivity index (χ1n) is 9.95. The standard InChI is InChI=1S/C22H20ClN7O/c1-5-14-20-16(9-17(23)25-14)26-21(28-20)13-8-12-15(27-22(13)31)6-7-24-19(12)18-10(2)29-30(4)11(18)3/h6-9H,5H2,1-4H3,(H,26,28)(H,27,31). The van der Waals surface area contributed by atoms with Crippen LogP contribution in [-0.2, 0) is 13.5 Å². The highest BCUT2D eigenvalue weighted by atomic mass is 35.5. The number of halogens is 1. The van der Waals surface area contributed by atoms with E-state index in [1.54, 1.807) is 18.3 Å². The Balaban J connectivity index is 1.79. The second kappa shape index (κ2) is 7.02. The maximum atomic E-state index is 12.9. The lowest BCUT2D eigenvalue weighted by molar-refractivity contribution is 0.731. The molecule has 0 aliphatic heterocycles. The van der Waals surface area contributed by atoms with E-state index in [9.17, 15) is 4.79 Å². The lowest BCUT2D eigenvalue weighted by Gasteiger charge is -2.08. The van der Waals surface area contributed by atoms with Gasteiger partial charge in [0, 0.05) is 36.0 Å². The predicted molar refractivity (Wildman–Crippen MR) is 121 cm³/mol. The quantitative estimate of drug-likeness (QED) is 0.417. The Hall–Kier alpha value is -3.52. The summed E-state index contributed by atoms with van der Waals surface area (Å²) in [6, 6.07) is 5.35. The van der Waals surface area contributed by atoms with Gasteiger partial charge in [0.05, 0.1) is 33.7 Å². The molecule has 156 valence electrons. The molecule has 0 fully saturated rings. The molecule has 0 aromatic carbocycles. The average Bonchev–Trinajstić information content (AvgIpc) is 3.26. The van der Waals surface area contributed by atoms with Gasteiger partial charge in [-0.05, 0) is 32.4 Å². The summed E-state index contributed by atoms with van der Waals surface area (Å²) >= 11 is 6.14. The van der Waals surface area contributed by atoms with Crippen molar-refractivity contribution in [2.45, 2.75) is 27.2 Å². The van der Waals surface area contributed by atoms with Crippen LogP contribution in [0.1, 0.15) is 24.0 Å². The minimum absolute atomic E-state index is 0.236. The van der Waals surface area contributed by atoms with Gasteiger partial charge in [0.25, 0.3) is 5.56 Å². The number of hydrogen-bond acceptors (Lipinski definition) is 5. The van der Waals surface area contributed by atoms with Crippen LogP contribution in [0.5, 0.6) is 0 Å². The number of nitrogens with one attached hydrogen (secondary N) is 2. The van der Waals surface area contributed by atoms with Gasteiger partial charge in [-0.1, -0.05) is 18.5 Å². The maximum Gasteiger partial charge on any atom is 0.259 e. The van der Waals surface area contributed by atoms with Crippen molar-refractivity contribution in [1.82, 2.24) is 34.7 Å². The van der Waals surface area contributed by atoms with Gasteiger partial charge in [-0.15, -0.1) is 0 Å². The Kier molecular flexibility index (Phi) is 4.40. The van der Waals surface area contributed by atoms with Gasteiger partial charge in [-0.2, -0.15) is 5.10 Å². The highest BCUT2D eigenvalue weighted by molar-refractivity contribution is 6.30. The molecule has 5 aromatic rings. The van der Waals surface area contributed by atoms with Crippen molar-refractivity contribution < 1.29 is 0 Å². The number of rotatable bonds is 3. The van der Waals surface area contributed by atoms with E-state index in [1.807, 2.05) is 38.6 Å². The van der Waals surface area contributed by atoms with Crippen LogP contribution in [0.2, 0.25) is 5.15 Å². The largest absolute Gasteiger partial charge is 0.338 e. The maximum absolute atomic E-state index is 12.9. The first-order valence-corrected chi connectivity index (χ1v) is 10.3. The number of aromatic nitrogens is 7. The van der Waals surface area contributed by atoms with E-state index in [4.69, 9.17) is 11.6 Å². The van der Waals surface area contributed by atoms with Crippen molar-refractivity contribution in [3.8, 4) is 22.6 Å². The molecule has 0 saturated heterocycles. The van der Waals surface area contributed by atoms with E-state index < -0.39 is 0 Å². The van der Waals surface area contributed by atoms with Crippen molar-refractivity contribution in [3.63, 3.8) is 0 Å². The van der Waals surface area contributed by atoms with Gasteiger partial charge in [0.1, 0.15) is 16.5 Å². The molecular weight excluding hydrogens is 414 g/mol. The molecule has 0 unspecified atom stereocenters. The fourth-order valence-corrected chi connectivity index (χ4v) is 4.25. The average molecular weight is 434 g/mol. The van der Waals surface area contributed by atoms with Crippen molar-refractivity contribution in [1.29, 1.82) is 0 Å². The molecule has 0 amide bonds. The zero-order valence-electron chi connectivity index (χ0n) is 17.5. The molecule has 0 radical (unpaired) electrons. The summed E-state index contributed by atoms with van der Waals surface area (Å²) in [5.41, 5.74) is 6.75. The minimum atomic E-state index is -0.236. The molecule has 0 saturated carbocycles. The summed E-state index contributed by atoms with van der Waals surface area (Å²) in [7, 11) is 1.91. The zero-order valence-corrected chi connectivity index (χ0v) is 18.3. The number of hydrogen-bond donors (Lipinski definition) is 2. The molecule has 0 spiro atoms. The van der Waals surface area contributed by atoms with Crippen LogP contribution < -0.4 is 5.56 Å². The van der Waals surface area contributed by atoms with E-state index in [0.29, 0.717) is 34.0 Å². The lowest BCUT2D eigenvalue weighted by atomic mass is 10.0. The number of imidazole rings is 1. The zero-order chi connectivity index (χ0) is 21.9. The highest BCUT2D eigenvalue weighted by Crippen LogP contribution is 2.32. The van der Waals surface area contributed by atoms with Gasteiger partial charge in [0.2, 0.25) is 0 Å². The monoisotopic (exact) mass is 433 g/mol. The molecule has 2 N–H and O–H groups in total. The van der Waals surface area contributed by atoms with Gasteiger partial charge < -0.3 is 9.97 Å². The summed E-state index contributed by atoms with van der Waals surface area (Å²) in [5.74, 6) is 0.464. The predicted octanol–water partition coefficient (Wildman–Crippen LogP) is 4.09. The smallest absolute Gasteiger partial charge is 0.259 e. The van der Waals surface area contributed by atoms with E-state index in [-0.39, 0.29) is 5.56 Å². The third kappa shape index (κ3) is 3.02. The van der Waals surface area contributed by atoms with Crippen molar-refractivity contribution in [2.75, 3.05) is 0 Å². The van der Waals surface area contributed by atoms with Gasteiger partial charge >= 0.3 is 0 Å². The van der Waals surface area contributed by atoms with E-state index in [1.165, 1.54) is 0 Å². The molecule has 5 aromatic heterocycles. The number of H-pyrrole nitrogens is 2. The lowest BCUT2D eigenvalue weighted by Crippen LogP contribution is -2.10. The number of aryl methyl sites for hydroxylation is 3. The van der Waals surface area contributed by atoms with Crippen LogP contribution in [-0.4, -0.2) is 34.7 Å². The molecule has 0 atom stereocenters. The third-order valence-corrected chi connectivity index (χ3v) is 5.81. The Bertz CT molecular complexity index is 1540. The fraction of sp³-hybridized carbons (Fsp3) is 0.227. The Labute approximate surface area is 182 Å². The van der Waals surface area contributed by atoms with Crippen LogP contribution in [0.4, 0.5) is 0 Å². The Morgan fingerprint density at radius 3 is 2.65 bits per heavy atom. The van der Waals surface area contributed by atoms with Gasteiger partial charge in [-0.25, -0.2) is 9.97 Å². The second-order valence-corrected chi connectivity index (χ2v) is 7.92. The number of nitrogens with zero attached hydrogens (tertiary/aromatic N) is 5. The van der Waals surface area contributed by atoms with Gasteiger partial charge in [0.15, 0.2) is 0 Å². The third-order valence-electron chi connectivity index (χ3n) is 5.62. The van der Waals surface area contributed by atoms with Crippen molar-refractivity contribution in [2.24, 2.45) is 7.05 Å². The molecule has 5 rings (SSSR count). The minimum Gasteiger partial charge on any atom is -0.338 e. The van der Waals surface area contributed by atoms with E-state index in [2.05, 4.69) is 30.0 Å². The molecule has 0 bridgehead atoms. The Morgan fingerprint density at radius 1 is 1.13 bits per heavy atom. The molecule has 5 heterocycles. The summed E-state index contributed by atoms with van der Waals surface area (Å²) in [4.78, 5) is 32.8. The fourth-order valence-electron chi connectivity index (χ4n) is 4.04. The SMILES string of the molecule is CCc1nc(Cl)cc2[nH]c(-c3cc4c(-c5c(C)nn(C)c5C)nccc4[nH]c3=O)nc12. The van der Waals surface area contributed by atoms with Crippen LogP contribution in [0.3, 0.4) is 0 Å². The summed E-state index contributed by atoms with van der Waals surface area (Å²) < 4.78 is 1.83. The molecule has 0 aliphatic carbocycles. The number of fused-ring (bicyclic) bond motifs is 2. The van der Waals surface area contributed by atoms with E-state index >= 15 is 0 Å². The van der Waals surface area contributed by atoms with E-state index in [0.717, 1.165) is 39.2 Å². The molecule has 31 heavy (non-hydrogen) atoms. The van der Waals surface area contributed by atoms with Crippen LogP contribution >= 0.6 is 11.6 Å². The molecular formula is C22H20ClN7O. The van der Waals surface area contributed by atoms with Crippen LogP contribution in [0, 0.1) is 13.8 Å². The second-order valence-electron chi connectivity index (χ2n) is 7.53. The first-order chi connectivity index (χ1) is 14.9.